The molecule has 0 bridgehead atoms. The van der Waals surface area contributed by atoms with Crippen molar-refractivity contribution < 1.29 is 19.1 Å². The molecule has 0 aliphatic rings. The molecule has 3 aromatic carbocycles. The van der Waals surface area contributed by atoms with Gasteiger partial charge in [-0.05, 0) is 67.3 Å². The van der Waals surface area contributed by atoms with Crippen molar-refractivity contribution in [3.8, 4) is 0 Å². The normalized spacial score (nSPS) is 11.9. The summed E-state index contributed by atoms with van der Waals surface area (Å²) in [5.74, 6) is -0.706. The molecule has 0 spiro atoms. The molecular weight excluding hydrogens is 502 g/mol. The molecule has 7 heteroatoms. The zero-order chi connectivity index (χ0) is 29.1. The third-order valence-corrected chi connectivity index (χ3v) is 6.39. The second-order valence-electron chi connectivity index (χ2n) is 10.8. The van der Waals surface area contributed by atoms with Crippen molar-refractivity contribution in [2.45, 2.75) is 65.0 Å². The van der Waals surface area contributed by atoms with Crippen molar-refractivity contribution in [1.29, 1.82) is 0 Å². The Labute approximate surface area is 237 Å². The number of benzene rings is 3. The van der Waals surface area contributed by atoms with Gasteiger partial charge in [0, 0.05) is 12.2 Å². The number of unbranched alkanes of at least 4 members (excludes halogenated alkanes) is 3. The summed E-state index contributed by atoms with van der Waals surface area (Å²) in [5.41, 5.74) is 1.45. The van der Waals surface area contributed by atoms with Crippen LogP contribution in [0.4, 0.5) is 10.5 Å². The largest absolute Gasteiger partial charge is 0.444 e. The average molecular weight is 544 g/mol. The van der Waals surface area contributed by atoms with Crippen LogP contribution in [0.25, 0.3) is 16.8 Å². The van der Waals surface area contributed by atoms with E-state index in [9.17, 15) is 14.4 Å². The monoisotopic (exact) mass is 543 g/mol. The van der Waals surface area contributed by atoms with Crippen LogP contribution in [0.5, 0.6) is 0 Å². The SMILES string of the molecule is C=Cc1cccc(C(C(=O)Nc2ccc3ccccc3c2)N(CCCCCC)C(=O)CNC(=O)OC(C)(C)C)c1. The number of hydrogen-bond donors (Lipinski definition) is 2. The molecule has 3 rings (SSSR count). The Bertz CT molecular complexity index is 1330. The van der Waals surface area contributed by atoms with Gasteiger partial charge in [0.2, 0.25) is 5.91 Å². The lowest BCUT2D eigenvalue weighted by Gasteiger charge is -2.32. The number of rotatable bonds is 12. The molecule has 212 valence electrons. The van der Waals surface area contributed by atoms with Crippen molar-refractivity contribution in [3.05, 3.63) is 84.4 Å². The van der Waals surface area contributed by atoms with Crippen LogP contribution in [0.3, 0.4) is 0 Å². The highest BCUT2D eigenvalue weighted by Gasteiger charge is 2.32. The van der Waals surface area contributed by atoms with Crippen LogP contribution in [0.15, 0.2) is 73.3 Å². The molecule has 0 fully saturated rings. The van der Waals surface area contributed by atoms with Gasteiger partial charge in [0.15, 0.2) is 0 Å². The zero-order valence-corrected chi connectivity index (χ0v) is 24.0. The third-order valence-electron chi connectivity index (χ3n) is 6.39. The van der Waals surface area contributed by atoms with Crippen molar-refractivity contribution in [2.75, 3.05) is 18.4 Å². The molecule has 1 atom stereocenters. The summed E-state index contributed by atoms with van der Waals surface area (Å²) in [4.78, 5) is 41.5. The lowest BCUT2D eigenvalue weighted by molar-refractivity contribution is -0.138. The van der Waals surface area contributed by atoms with E-state index in [-0.39, 0.29) is 18.4 Å². The molecule has 0 aliphatic heterocycles. The van der Waals surface area contributed by atoms with E-state index in [1.807, 2.05) is 66.7 Å². The molecule has 0 radical (unpaired) electrons. The van der Waals surface area contributed by atoms with Crippen LogP contribution >= 0.6 is 0 Å². The summed E-state index contributed by atoms with van der Waals surface area (Å²) in [6.45, 7) is 11.3. The summed E-state index contributed by atoms with van der Waals surface area (Å²) in [7, 11) is 0. The molecule has 0 aliphatic carbocycles. The van der Waals surface area contributed by atoms with E-state index in [2.05, 4.69) is 24.1 Å². The van der Waals surface area contributed by atoms with Gasteiger partial charge < -0.3 is 20.3 Å². The smallest absolute Gasteiger partial charge is 0.408 e. The minimum absolute atomic E-state index is 0.288. The molecule has 3 amide bonds. The predicted molar refractivity (Wildman–Crippen MR) is 162 cm³/mol. The highest BCUT2D eigenvalue weighted by molar-refractivity contribution is 6.00. The topological polar surface area (TPSA) is 87.7 Å². The van der Waals surface area contributed by atoms with E-state index >= 15 is 0 Å². The number of nitrogens with one attached hydrogen (secondary N) is 2. The first kappa shape index (κ1) is 30.4. The molecule has 0 heterocycles. The van der Waals surface area contributed by atoms with E-state index in [4.69, 9.17) is 4.74 Å². The molecule has 0 saturated heterocycles. The van der Waals surface area contributed by atoms with Gasteiger partial charge in [-0.1, -0.05) is 87.4 Å². The third kappa shape index (κ3) is 8.97. The number of carbonyl (C=O) groups is 3. The van der Waals surface area contributed by atoms with Gasteiger partial charge in [-0.15, -0.1) is 0 Å². The summed E-state index contributed by atoms with van der Waals surface area (Å²) in [6, 6.07) is 20.2. The summed E-state index contributed by atoms with van der Waals surface area (Å²) >= 11 is 0. The van der Waals surface area contributed by atoms with Crippen LogP contribution in [0.1, 0.15) is 70.5 Å². The Balaban J connectivity index is 1.94. The van der Waals surface area contributed by atoms with E-state index in [1.165, 1.54) is 0 Å². The van der Waals surface area contributed by atoms with Gasteiger partial charge in [-0.2, -0.15) is 0 Å². The number of nitrogens with zero attached hydrogens (tertiary/aromatic N) is 1. The minimum Gasteiger partial charge on any atom is -0.444 e. The van der Waals surface area contributed by atoms with E-state index < -0.39 is 17.7 Å². The highest BCUT2D eigenvalue weighted by Crippen LogP contribution is 2.27. The Morgan fingerprint density at radius 1 is 0.950 bits per heavy atom. The number of carbonyl (C=O) groups excluding carboxylic acids is 3. The highest BCUT2D eigenvalue weighted by atomic mass is 16.6. The van der Waals surface area contributed by atoms with Gasteiger partial charge in [0.05, 0.1) is 0 Å². The second-order valence-corrected chi connectivity index (χ2v) is 10.8. The lowest BCUT2D eigenvalue weighted by Crippen LogP contribution is -2.47. The Morgan fingerprint density at radius 3 is 2.40 bits per heavy atom. The maximum Gasteiger partial charge on any atom is 0.408 e. The molecule has 7 nitrogen and oxygen atoms in total. The number of anilines is 1. The van der Waals surface area contributed by atoms with Crippen LogP contribution in [-0.2, 0) is 14.3 Å². The first-order valence-electron chi connectivity index (χ1n) is 13.9. The van der Waals surface area contributed by atoms with Crippen molar-refractivity contribution in [3.63, 3.8) is 0 Å². The molecule has 0 aromatic heterocycles. The van der Waals surface area contributed by atoms with Gasteiger partial charge in [0.25, 0.3) is 5.91 Å². The average Bonchev–Trinajstić information content (AvgIpc) is 2.92. The standard InChI is InChI=1S/C33H41N3O4/c1-6-8-9-12-20-36(29(37)23-34-32(39)40-33(3,4)5)30(27-17-13-14-24(7-2)21-27)31(38)35-28-19-18-25-15-10-11-16-26(25)22-28/h7,10-11,13-19,21-22,30H,2,6,8-9,12,20,23H2,1,3-5H3,(H,34,39)(H,35,38). The molecule has 3 aromatic rings. The van der Waals surface area contributed by atoms with Crippen LogP contribution in [0.2, 0.25) is 0 Å². The quantitative estimate of drug-likeness (QED) is 0.239. The van der Waals surface area contributed by atoms with Gasteiger partial charge >= 0.3 is 6.09 Å². The Kier molecular flexibility index (Phi) is 10.9. The Hall–Kier alpha value is -4.13. The van der Waals surface area contributed by atoms with Crippen molar-refractivity contribution in [1.82, 2.24) is 10.2 Å². The van der Waals surface area contributed by atoms with E-state index in [0.29, 0.717) is 17.8 Å². The predicted octanol–water partition coefficient (Wildman–Crippen LogP) is 7.10. The molecule has 1 unspecified atom stereocenters. The van der Waals surface area contributed by atoms with Crippen molar-refractivity contribution >= 4 is 40.4 Å². The fourth-order valence-corrected chi connectivity index (χ4v) is 4.48. The zero-order valence-electron chi connectivity index (χ0n) is 24.0. The first-order valence-corrected chi connectivity index (χ1v) is 13.9. The molecule has 0 saturated carbocycles. The van der Waals surface area contributed by atoms with Gasteiger partial charge in [0.1, 0.15) is 18.2 Å². The fourth-order valence-electron chi connectivity index (χ4n) is 4.48. The number of amides is 3. The van der Waals surface area contributed by atoms with E-state index in [1.54, 1.807) is 31.7 Å². The van der Waals surface area contributed by atoms with E-state index in [0.717, 1.165) is 42.0 Å². The molecule has 40 heavy (non-hydrogen) atoms. The number of ether oxygens (including phenoxy) is 1. The summed E-state index contributed by atoms with van der Waals surface area (Å²) in [5, 5.41) is 7.66. The van der Waals surface area contributed by atoms with Crippen LogP contribution in [-0.4, -0.2) is 41.5 Å². The number of fused-ring (bicyclic) bond motifs is 1. The summed E-state index contributed by atoms with van der Waals surface area (Å²) < 4.78 is 5.31. The first-order chi connectivity index (χ1) is 19.1. The molecular formula is C33H41N3O4. The Morgan fingerprint density at radius 2 is 1.70 bits per heavy atom. The maximum absolute atomic E-state index is 14.0. The van der Waals surface area contributed by atoms with Crippen LogP contribution < -0.4 is 10.6 Å². The molecule has 2 N–H and O–H groups in total. The maximum atomic E-state index is 14.0. The van der Waals surface area contributed by atoms with Crippen molar-refractivity contribution in [2.24, 2.45) is 0 Å². The minimum atomic E-state index is -0.916. The van der Waals surface area contributed by atoms with Crippen LogP contribution in [0, 0.1) is 0 Å². The summed E-state index contributed by atoms with van der Waals surface area (Å²) in [6.07, 6.45) is 4.74. The number of hydrogen-bond acceptors (Lipinski definition) is 4. The van der Waals surface area contributed by atoms with Gasteiger partial charge in [-0.3, -0.25) is 9.59 Å². The second kappa shape index (κ2) is 14.3. The van der Waals surface area contributed by atoms with Gasteiger partial charge in [-0.25, -0.2) is 4.79 Å². The number of alkyl carbamates (subject to hydrolysis) is 1. The fraction of sp³-hybridized carbons (Fsp3) is 0.364. The lowest BCUT2D eigenvalue weighted by atomic mass is 10.00.